The summed E-state index contributed by atoms with van der Waals surface area (Å²) in [6.45, 7) is 0.441. The molecular weight excluding hydrogens is 302 g/mol. The smallest absolute Gasteiger partial charge is 0.289 e. The molecule has 2 rings (SSSR count). The van der Waals surface area contributed by atoms with Crippen LogP contribution >= 0.6 is 22.9 Å². The highest BCUT2D eigenvalue weighted by molar-refractivity contribution is 7.10. The standard InChI is InChI=1S/C12H10ClN3O3S/c13-10-2-1-8(4-11(10)16(18)19)15-5-9-3-7(6-20-9)12(14)17/h1-4,6,15H,5H2,(H2,14,17). The number of amides is 1. The molecule has 0 aliphatic rings. The second-order valence-electron chi connectivity index (χ2n) is 3.94. The summed E-state index contributed by atoms with van der Waals surface area (Å²) in [7, 11) is 0. The Bertz CT molecular complexity index is 672. The van der Waals surface area contributed by atoms with Gasteiger partial charge < -0.3 is 11.1 Å². The quantitative estimate of drug-likeness (QED) is 0.655. The zero-order valence-corrected chi connectivity index (χ0v) is 11.7. The van der Waals surface area contributed by atoms with Gasteiger partial charge in [0.15, 0.2) is 0 Å². The summed E-state index contributed by atoms with van der Waals surface area (Å²) in [5, 5.41) is 15.6. The molecule has 1 amide bonds. The highest BCUT2D eigenvalue weighted by Gasteiger charge is 2.12. The van der Waals surface area contributed by atoms with Gasteiger partial charge in [0.1, 0.15) is 5.02 Å². The van der Waals surface area contributed by atoms with Gasteiger partial charge in [0.2, 0.25) is 5.91 Å². The van der Waals surface area contributed by atoms with Crippen molar-refractivity contribution in [2.75, 3.05) is 5.32 Å². The van der Waals surface area contributed by atoms with Gasteiger partial charge in [-0.2, -0.15) is 0 Å². The molecular formula is C12H10ClN3O3S. The molecule has 104 valence electrons. The Labute approximate surface area is 123 Å². The maximum absolute atomic E-state index is 11.0. The van der Waals surface area contributed by atoms with Crippen LogP contribution in [0.4, 0.5) is 11.4 Å². The van der Waals surface area contributed by atoms with Crippen LogP contribution in [0.5, 0.6) is 0 Å². The fraction of sp³-hybridized carbons (Fsp3) is 0.0833. The first-order chi connectivity index (χ1) is 9.47. The second-order valence-corrected chi connectivity index (χ2v) is 5.35. The zero-order valence-electron chi connectivity index (χ0n) is 10.1. The molecule has 0 unspecified atom stereocenters. The lowest BCUT2D eigenvalue weighted by molar-refractivity contribution is -0.384. The Kier molecular flexibility index (Phi) is 4.21. The Hall–Kier alpha value is -2.12. The SMILES string of the molecule is NC(=O)c1csc(CNc2ccc(Cl)c([N+](=O)[O-])c2)c1. The van der Waals surface area contributed by atoms with Gasteiger partial charge in [-0.3, -0.25) is 14.9 Å². The van der Waals surface area contributed by atoms with Crippen LogP contribution in [-0.2, 0) is 6.54 Å². The number of rotatable bonds is 5. The number of nitrogens with two attached hydrogens (primary N) is 1. The van der Waals surface area contributed by atoms with E-state index in [1.54, 1.807) is 17.5 Å². The number of nitrogens with zero attached hydrogens (tertiary/aromatic N) is 1. The molecule has 0 saturated heterocycles. The summed E-state index contributed by atoms with van der Waals surface area (Å²) >= 11 is 7.12. The van der Waals surface area contributed by atoms with Gasteiger partial charge in [-0.1, -0.05) is 11.6 Å². The molecule has 1 heterocycles. The number of hydrogen-bond donors (Lipinski definition) is 2. The largest absolute Gasteiger partial charge is 0.380 e. The van der Waals surface area contributed by atoms with Crippen molar-refractivity contribution in [1.29, 1.82) is 0 Å². The number of halogens is 1. The first-order valence-corrected chi connectivity index (χ1v) is 6.78. The fourth-order valence-corrected chi connectivity index (χ4v) is 2.55. The summed E-state index contributed by atoms with van der Waals surface area (Å²) in [6.07, 6.45) is 0. The van der Waals surface area contributed by atoms with E-state index in [2.05, 4.69) is 5.32 Å². The number of nitro benzene ring substituents is 1. The summed E-state index contributed by atoms with van der Waals surface area (Å²) in [5.41, 5.74) is 6.04. The predicted molar refractivity (Wildman–Crippen MR) is 78.3 cm³/mol. The maximum Gasteiger partial charge on any atom is 0.289 e. The van der Waals surface area contributed by atoms with Crippen molar-refractivity contribution >= 4 is 40.2 Å². The molecule has 3 N–H and O–H groups in total. The van der Waals surface area contributed by atoms with Crippen LogP contribution in [0.2, 0.25) is 5.02 Å². The summed E-state index contributed by atoms with van der Waals surface area (Å²) < 4.78 is 0. The van der Waals surface area contributed by atoms with E-state index in [0.717, 1.165) is 4.88 Å². The minimum Gasteiger partial charge on any atom is -0.380 e. The van der Waals surface area contributed by atoms with E-state index >= 15 is 0 Å². The molecule has 0 aliphatic heterocycles. The molecule has 1 aromatic heterocycles. The van der Waals surface area contributed by atoms with Crippen molar-refractivity contribution in [3.8, 4) is 0 Å². The molecule has 0 spiro atoms. The van der Waals surface area contributed by atoms with E-state index in [1.165, 1.54) is 23.5 Å². The molecule has 6 nitrogen and oxygen atoms in total. The molecule has 0 radical (unpaired) electrons. The first kappa shape index (κ1) is 14.3. The Morgan fingerprint density at radius 1 is 1.45 bits per heavy atom. The van der Waals surface area contributed by atoms with E-state index in [0.29, 0.717) is 17.8 Å². The summed E-state index contributed by atoms with van der Waals surface area (Å²) in [6, 6.07) is 6.17. The second kappa shape index (κ2) is 5.89. The minimum absolute atomic E-state index is 0.0905. The van der Waals surface area contributed by atoms with Crippen molar-refractivity contribution in [2.24, 2.45) is 5.73 Å². The molecule has 8 heteroatoms. The van der Waals surface area contributed by atoms with E-state index in [1.807, 2.05) is 0 Å². The van der Waals surface area contributed by atoms with E-state index in [-0.39, 0.29) is 10.7 Å². The van der Waals surface area contributed by atoms with Crippen molar-refractivity contribution in [2.45, 2.75) is 6.54 Å². The molecule has 0 fully saturated rings. The van der Waals surface area contributed by atoms with Crippen LogP contribution in [-0.4, -0.2) is 10.8 Å². The van der Waals surface area contributed by atoms with Gasteiger partial charge in [0.05, 0.1) is 10.5 Å². The third-order valence-corrected chi connectivity index (χ3v) is 3.80. The van der Waals surface area contributed by atoms with Gasteiger partial charge in [0.25, 0.3) is 5.69 Å². The van der Waals surface area contributed by atoms with E-state index in [9.17, 15) is 14.9 Å². The van der Waals surface area contributed by atoms with Crippen LogP contribution in [0.25, 0.3) is 0 Å². The van der Waals surface area contributed by atoms with Gasteiger partial charge >= 0.3 is 0 Å². The number of nitrogens with one attached hydrogen (secondary N) is 1. The van der Waals surface area contributed by atoms with Crippen LogP contribution in [0.15, 0.2) is 29.6 Å². The molecule has 0 aliphatic carbocycles. The van der Waals surface area contributed by atoms with Crippen LogP contribution in [0, 0.1) is 10.1 Å². The van der Waals surface area contributed by atoms with Crippen LogP contribution < -0.4 is 11.1 Å². The molecule has 0 saturated carbocycles. The number of benzene rings is 1. The van der Waals surface area contributed by atoms with Crippen LogP contribution in [0.3, 0.4) is 0 Å². The van der Waals surface area contributed by atoms with Gasteiger partial charge in [-0.25, -0.2) is 0 Å². The number of hydrogen-bond acceptors (Lipinski definition) is 5. The van der Waals surface area contributed by atoms with Crippen molar-refractivity contribution in [3.63, 3.8) is 0 Å². The minimum atomic E-state index is -0.538. The number of carbonyl (C=O) groups excluding carboxylic acids is 1. The van der Waals surface area contributed by atoms with Crippen molar-refractivity contribution in [3.05, 3.63) is 55.2 Å². The van der Waals surface area contributed by atoms with Crippen LogP contribution in [0.1, 0.15) is 15.2 Å². The van der Waals surface area contributed by atoms with Gasteiger partial charge in [-0.05, 0) is 18.2 Å². The number of primary amides is 1. The number of carbonyl (C=O) groups is 1. The zero-order chi connectivity index (χ0) is 14.7. The normalized spacial score (nSPS) is 10.2. The summed E-state index contributed by atoms with van der Waals surface area (Å²) in [4.78, 5) is 22.1. The average Bonchev–Trinajstić information content (AvgIpc) is 2.86. The fourth-order valence-electron chi connectivity index (χ4n) is 1.55. The monoisotopic (exact) mass is 311 g/mol. The van der Waals surface area contributed by atoms with Crippen molar-refractivity contribution < 1.29 is 9.72 Å². The molecule has 2 aromatic rings. The molecule has 0 atom stereocenters. The van der Waals surface area contributed by atoms with Gasteiger partial charge in [0, 0.05) is 28.6 Å². The van der Waals surface area contributed by atoms with E-state index in [4.69, 9.17) is 17.3 Å². The predicted octanol–water partition coefficient (Wildman–Crippen LogP) is 3.02. The van der Waals surface area contributed by atoms with E-state index < -0.39 is 10.8 Å². The Balaban J connectivity index is 2.08. The number of nitro groups is 1. The Morgan fingerprint density at radius 3 is 2.80 bits per heavy atom. The van der Waals surface area contributed by atoms with Crippen molar-refractivity contribution in [1.82, 2.24) is 0 Å². The highest BCUT2D eigenvalue weighted by Crippen LogP contribution is 2.27. The summed E-state index contributed by atoms with van der Waals surface area (Å²) in [5.74, 6) is -0.477. The third kappa shape index (κ3) is 3.25. The molecule has 20 heavy (non-hydrogen) atoms. The first-order valence-electron chi connectivity index (χ1n) is 5.52. The topological polar surface area (TPSA) is 98.3 Å². The molecule has 1 aromatic carbocycles. The number of anilines is 1. The Morgan fingerprint density at radius 2 is 2.20 bits per heavy atom. The highest BCUT2D eigenvalue weighted by atomic mass is 35.5. The lowest BCUT2D eigenvalue weighted by Gasteiger charge is -2.05. The number of thiophene rings is 1. The lowest BCUT2D eigenvalue weighted by atomic mass is 10.2. The third-order valence-electron chi connectivity index (χ3n) is 2.55. The molecule has 0 bridgehead atoms. The van der Waals surface area contributed by atoms with Gasteiger partial charge in [-0.15, -0.1) is 11.3 Å². The average molecular weight is 312 g/mol. The lowest BCUT2D eigenvalue weighted by Crippen LogP contribution is -2.09. The maximum atomic E-state index is 11.0.